The van der Waals surface area contributed by atoms with Gasteiger partial charge >= 0.3 is 0 Å². The lowest BCUT2D eigenvalue weighted by atomic mass is 10.2. The van der Waals surface area contributed by atoms with Crippen LogP contribution in [0.4, 0.5) is 0 Å². The molecule has 2 aromatic heterocycles. The summed E-state index contributed by atoms with van der Waals surface area (Å²) in [5.74, 6) is 0.207. The van der Waals surface area contributed by atoms with Gasteiger partial charge in [0.1, 0.15) is 5.52 Å². The van der Waals surface area contributed by atoms with Crippen molar-refractivity contribution in [3.8, 4) is 0 Å². The number of benzene rings is 1. The van der Waals surface area contributed by atoms with Crippen LogP contribution in [0.5, 0.6) is 0 Å². The maximum atomic E-state index is 12.5. The fourth-order valence-electron chi connectivity index (χ4n) is 3.71. The van der Waals surface area contributed by atoms with Gasteiger partial charge < -0.3 is 9.47 Å². The molecule has 1 aromatic carbocycles. The van der Waals surface area contributed by atoms with Crippen LogP contribution >= 0.6 is 11.8 Å². The summed E-state index contributed by atoms with van der Waals surface area (Å²) in [7, 11) is -1.36. The lowest BCUT2D eigenvalue weighted by molar-refractivity contribution is -0.128. The molecular weight excluding hydrogens is 410 g/mol. The molecule has 0 aliphatic carbocycles. The molecule has 0 bridgehead atoms. The topological polar surface area (TPSA) is 98.0 Å². The molecule has 1 saturated heterocycles. The number of carbonyl (C=O) groups excluding carboxylic acids is 1. The van der Waals surface area contributed by atoms with Gasteiger partial charge in [-0.2, -0.15) is 0 Å². The molecule has 154 valence electrons. The van der Waals surface area contributed by atoms with E-state index in [0.29, 0.717) is 11.6 Å². The van der Waals surface area contributed by atoms with Crippen LogP contribution < -0.4 is 0 Å². The summed E-state index contributed by atoms with van der Waals surface area (Å²) in [4.78, 5) is 18.7. The molecule has 0 radical (unpaired) electrons. The summed E-state index contributed by atoms with van der Waals surface area (Å²) >= 11 is 1.23. The molecule has 1 amide bonds. The largest absolute Gasteiger partial charge is 0.341 e. The van der Waals surface area contributed by atoms with Crippen molar-refractivity contribution in [2.24, 2.45) is 0 Å². The zero-order valence-corrected chi connectivity index (χ0v) is 18.0. The molecule has 10 heteroatoms. The molecule has 1 atom stereocenters. The minimum absolute atomic E-state index is 0.0427. The van der Waals surface area contributed by atoms with E-state index in [4.69, 9.17) is 0 Å². The highest BCUT2D eigenvalue weighted by atomic mass is 32.2. The minimum Gasteiger partial charge on any atom is -0.341 e. The predicted molar refractivity (Wildman–Crippen MR) is 114 cm³/mol. The van der Waals surface area contributed by atoms with Crippen molar-refractivity contribution in [2.45, 2.75) is 37.5 Å². The van der Waals surface area contributed by atoms with E-state index >= 15 is 0 Å². The Morgan fingerprint density at radius 3 is 2.83 bits per heavy atom. The Morgan fingerprint density at radius 1 is 1.31 bits per heavy atom. The molecule has 8 nitrogen and oxygen atoms in total. The van der Waals surface area contributed by atoms with E-state index in [1.54, 1.807) is 7.05 Å². The Labute approximate surface area is 173 Å². The molecule has 0 spiro atoms. The molecule has 1 unspecified atom stereocenters. The highest BCUT2D eigenvalue weighted by Gasteiger charge is 2.32. The molecule has 4 rings (SSSR count). The Bertz CT molecular complexity index is 1180. The molecule has 29 heavy (non-hydrogen) atoms. The third-order valence-corrected chi connectivity index (χ3v) is 7.85. The average molecular weight is 434 g/mol. The van der Waals surface area contributed by atoms with Crippen LogP contribution in [-0.4, -0.2) is 69.3 Å². The SMILES string of the molecule is CCCn1c2ccccc2c2nnc(SCC(=O)N(C)C3CCS(=O)(=O)C3)nc21. The first kappa shape index (κ1) is 20.1. The van der Waals surface area contributed by atoms with Gasteiger partial charge in [0.2, 0.25) is 11.1 Å². The summed E-state index contributed by atoms with van der Waals surface area (Å²) < 4.78 is 25.5. The minimum atomic E-state index is -3.03. The van der Waals surface area contributed by atoms with Crippen molar-refractivity contribution in [2.75, 3.05) is 24.3 Å². The fourth-order valence-corrected chi connectivity index (χ4v) is 6.19. The normalized spacial score (nSPS) is 18.5. The Morgan fingerprint density at radius 2 is 2.10 bits per heavy atom. The van der Waals surface area contributed by atoms with E-state index in [1.165, 1.54) is 16.7 Å². The molecule has 1 aliphatic rings. The van der Waals surface area contributed by atoms with Crippen molar-refractivity contribution < 1.29 is 13.2 Å². The highest BCUT2D eigenvalue weighted by Crippen LogP contribution is 2.27. The third-order valence-electron chi connectivity index (χ3n) is 5.28. The van der Waals surface area contributed by atoms with Gasteiger partial charge in [0.25, 0.3) is 0 Å². The van der Waals surface area contributed by atoms with Gasteiger partial charge in [0, 0.05) is 25.0 Å². The van der Waals surface area contributed by atoms with Crippen LogP contribution in [0.25, 0.3) is 22.1 Å². The first-order valence-electron chi connectivity index (χ1n) is 9.60. The number of fused-ring (bicyclic) bond motifs is 3. The van der Waals surface area contributed by atoms with Gasteiger partial charge in [-0.1, -0.05) is 36.9 Å². The molecule has 1 fully saturated rings. The number of thioether (sulfide) groups is 1. The molecule has 0 saturated carbocycles. The third kappa shape index (κ3) is 3.95. The van der Waals surface area contributed by atoms with Crippen LogP contribution in [0.15, 0.2) is 29.4 Å². The van der Waals surface area contributed by atoms with Crippen LogP contribution in [-0.2, 0) is 21.2 Å². The predicted octanol–water partition coefficient (Wildman–Crippen LogP) is 2.13. The number of aryl methyl sites for hydroxylation is 1. The first-order chi connectivity index (χ1) is 13.9. The Hall–Kier alpha value is -2.20. The monoisotopic (exact) mass is 433 g/mol. The standard InChI is InChI=1S/C19H23N5O3S2/c1-3-9-24-15-7-5-4-6-14(15)17-18(24)20-19(22-21-17)28-11-16(25)23(2)13-8-10-29(26,27)12-13/h4-7,13H,3,8-12H2,1-2H3. The second kappa shape index (κ2) is 7.91. The molecular formula is C19H23N5O3S2. The van der Waals surface area contributed by atoms with Crippen molar-refractivity contribution in [1.29, 1.82) is 0 Å². The molecule has 3 heterocycles. The Balaban J connectivity index is 1.53. The van der Waals surface area contributed by atoms with Gasteiger partial charge in [0.05, 0.1) is 22.8 Å². The van der Waals surface area contributed by atoms with Gasteiger partial charge in [-0.15, -0.1) is 10.2 Å². The number of amides is 1. The number of sulfone groups is 1. The summed E-state index contributed by atoms with van der Waals surface area (Å²) in [5, 5.41) is 10.0. The lowest BCUT2D eigenvalue weighted by Crippen LogP contribution is -2.38. The number of hydrogen-bond acceptors (Lipinski definition) is 7. The summed E-state index contributed by atoms with van der Waals surface area (Å²) in [6.45, 7) is 2.94. The van der Waals surface area contributed by atoms with Gasteiger partial charge in [-0.3, -0.25) is 4.79 Å². The van der Waals surface area contributed by atoms with Crippen LogP contribution in [0, 0.1) is 0 Å². The zero-order chi connectivity index (χ0) is 20.6. The second-order valence-electron chi connectivity index (χ2n) is 7.29. The number of hydrogen-bond donors (Lipinski definition) is 0. The van der Waals surface area contributed by atoms with E-state index < -0.39 is 9.84 Å². The summed E-state index contributed by atoms with van der Waals surface area (Å²) in [5.41, 5.74) is 2.61. The quantitative estimate of drug-likeness (QED) is 0.549. The lowest BCUT2D eigenvalue weighted by Gasteiger charge is -2.23. The second-order valence-corrected chi connectivity index (χ2v) is 10.5. The number of nitrogens with zero attached hydrogens (tertiary/aromatic N) is 5. The van der Waals surface area contributed by atoms with Gasteiger partial charge in [0.15, 0.2) is 15.5 Å². The van der Waals surface area contributed by atoms with E-state index in [9.17, 15) is 13.2 Å². The van der Waals surface area contributed by atoms with Crippen molar-refractivity contribution in [3.05, 3.63) is 24.3 Å². The van der Waals surface area contributed by atoms with Crippen LogP contribution in [0.3, 0.4) is 0 Å². The highest BCUT2D eigenvalue weighted by molar-refractivity contribution is 7.99. The summed E-state index contributed by atoms with van der Waals surface area (Å²) in [6, 6.07) is 7.78. The zero-order valence-electron chi connectivity index (χ0n) is 16.4. The fraction of sp³-hybridized carbons (Fsp3) is 0.474. The van der Waals surface area contributed by atoms with Crippen molar-refractivity contribution in [3.63, 3.8) is 0 Å². The number of rotatable bonds is 6. The molecule has 3 aromatic rings. The molecule has 1 aliphatic heterocycles. The van der Waals surface area contributed by atoms with Crippen LogP contribution in [0.2, 0.25) is 0 Å². The maximum absolute atomic E-state index is 12.5. The van der Waals surface area contributed by atoms with Crippen molar-refractivity contribution in [1.82, 2.24) is 24.6 Å². The maximum Gasteiger partial charge on any atom is 0.233 e. The smallest absolute Gasteiger partial charge is 0.233 e. The number of para-hydroxylation sites is 1. The van der Waals surface area contributed by atoms with Crippen molar-refractivity contribution >= 4 is 49.6 Å². The van der Waals surface area contributed by atoms with Crippen LogP contribution in [0.1, 0.15) is 19.8 Å². The van der Waals surface area contributed by atoms with E-state index in [-0.39, 0.29) is 29.2 Å². The average Bonchev–Trinajstić information content (AvgIpc) is 3.23. The molecule has 0 N–H and O–H groups in total. The Kier molecular flexibility index (Phi) is 5.48. The van der Waals surface area contributed by atoms with E-state index in [2.05, 4.69) is 32.7 Å². The number of aromatic nitrogens is 4. The van der Waals surface area contributed by atoms with Gasteiger partial charge in [-0.25, -0.2) is 13.4 Å². The van der Waals surface area contributed by atoms with E-state index in [0.717, 1.165) is 35.0 Å². The van der Waals surface area contributed by atoms with E-state index in [1.807, 2.05) is 18.2 Å². The van der Waals surface area contributed by atoms with Gasteiger partial charge in [-0.05, 0) is 18.9 Å². The first-order valence-corrected chi connectivity index (χ1v) is 12.4. The number of carbonyl (C=O) groups is 1. The summed E-state index contributed by atoms with van der Waals surface area (Å²) in [6.07, 6.45) is 1.46.